The number of carbonyl (C=O) groups is 1. The van der Waals surface area contributed by atoms with Gasteiger partial charge in [0.25, 0.3) is 5.91 Å². The summed E-state index contributed by atoms with van der Waals surface area (Å²) < 4.78 is 26.1. The van der Waals surface area contributed by atoms with Crippen LogP contribution in [0.25, 0.3) is 0 Å². The molecule has 0 heterocycles. The highest BCUT2D eigenvalue weighted by atomic mass is 19.2. The second-order valence-corrected chi connectivity index (χ2v) is 4.71. The number of anilines is 1. The minimum absolute atomic E-state index is 0.0703. The molecule has 2 aromatic rings. The molecule has 0 aliphatic rings. The van der Waals surface area contributed by atoms with E-state index >= 15 is 0 Å². The van der Waals surface area contributed by atoms with Crippen LogP contribution in [0, 0.1) is 11.6 Å². The third-order valence-electron chi connectivity index (χ3n) is 3.22. The normalized spacial score (nSPS) is 10.4. The van der Waals surface area contributed by atoms with Crippen molar-refractivity contribution in [2.45, 2.75) is 19.9 Å². The fourth-order valence-electron chi connectivity index (χ4n) is 1.93. The van der Waals surface area contributed by atoms with Crippen LogP contribution < -0.4 is 11.1 Å². The fourth-order valence-corrected chi connectivity index (χ4v) is 1.93. The van der Waals surface area contributed by atoms with Gasteiger partial charge >= 0.3 is 0 Å². The van der Waals surface area contributed by atoms with E-state index in [1.165, 1.54) is 5.56 Å². The van der Waals surface area contributed by atoms with Crippen molar-refractivity contribution in [2.75, 3.05) is 5.73 Å². The second-order valence-electron chi connectivity index (χ2n) is 4.71. The molecule has 0 aromatic heterocycles. The lowest BCUT2D eigenvalue weighted by Gasteiger charge is -2.08. The molecule has 0 aliphatic heterocycles. The summed E-state index contributed by atoms with van der Waals surface area (Å²) in [5.74, 6) is -2.70. The molecule has 0 radical (unpaired) electrons. The fraction of sp³-hybridized carbons (Fsp3) is 0.188. The van der Waals surface area contributed by atoms with Crippen LogP contribution >= 0.6 is 0 Å². The van der Waals surface area contributed by atoms with Gasteiger partial charge < -0.3 is 11.1 Å². The standard InChI is InChI=1S/C16H16F2N2O/c1-2-10-3-5-11(6-4-10)9-20-16(21)12-7-13(17)14(18)8-15(12)19/h3-8H,2,9,19H2,1H3,(H,20,21). The Balaban J connectivity index is 2.06. The number of rotatable bonds is 4. The summed E-state index contributed by atoms with van der Waals surface area (Å²) in [5.41, 5.74) is 7.49. The van der Waals surface area contributed by atoms with Crippen LogP contribution in [0.15, 0.2) is 36.4 Å². The van der Waals surface area contributed by atoms with E-state index in [9.17, 15) is 13.6 Å². The lowest BCUT2D eigenvalue weighted by molar-refractivity contribution is 0.0951. The van der Waals surface area contributed by atoms with Crippen molar-refractivity contribution in [2.24, 2.45) is 0 Å². The molecule has 0 atom stereocenters. The molecule has 21 heavy (non-hydrogen) atoms. The van der Waals surface area contributed by atoms with Crippen LogP contribution in [0.2, 0.25) is 0 Å². The average molecular weight is 290 g/mol. The van der Waals surface area contributed by atoms with E-state index in [0.717, 1.165) is 24.1 Å². The van der Waals surface area contributed by atoms with Gasteiger partial charge in [0.2, 0.25) is 0 Å². The summed E-state index contributed by atoms with van der Waals surface area (Å²) in [4.78, 5) is 11.9. The molecule has 5 heteroatoms. The number of carbonyl (C=O) groups excluding carboxylic acids is 1. The molecule has 110 valence electrons. The number of halogens is 2. The molecular formula is C16H16F2N2O. The van der Waals surface area contributed by atoms with Crippen LogP contribution in [0.5, 0.6) is 0 Å². The third-order valence-corrected chi connectivity index (χ3v) is 3.22. The Kier molecular flexibility index (Phi) is 4.52. The van der Waals surface area contributed by atoms with Gasteiger partial charge in [-0.25, -0.2) is 8.78 Å². The van der Waals surface area contributed by atoms with Crippen LogP contribution in [0.3, 0.4) is 0 Å². The van der Waals surface area contributed by atoms with E-state index < -0.39 is 17.5 Å². The number of benzene rings is 2. The molecule has 0 bridgehead atoms. The summed E-state index contributed by atoms with van der Waals surface area (Å²) in [7, 11) is 0. The first-order chi connectivity index (χ1) is 10.0. The Morgan fingerprint density at radius 2 is 1.67 bits per heavy atom. The molecule has 0 aliphatic carbocycles. The molecule has 3 N–H and O–H groups in total. The Hall–Kier alpha value is -2.43. The number of hydrogen-bond donors (Lipinski definition) is 2. The van der Waals surface area contributed by atoms with Gasteiger partial charge in [-0.1, -0.05) is 31.2 Å². The predicted octanol–water partition coefficient (Wildman–Crippen LogP) is 3.04. The Morgan fingerprint density at radius 3 is 2.29 bits per heavy atom. The summed E-state index contributed by atoms with van der Waals surface area (Å²) >= 11 is 0. The van der Waals surface area contributed by atoms with Gasteiger partial charge in [-0.2, -0.15) is 0 Å². The Bertz CT molecular complexity index is 654. The minimum Gasteiger partial charge on any atom is -0.398 e. The van der Waals surface area contributed by atoms with Crippen LogP contribution in [-0.4, -0.2) is 5.91 Å². The molecule has 0 saturated heterocycles. The lowest BCUT2D eigenvalue weighted by atomic mass is 10.1. The third kappa shape index (κ3) is 3.56. The van der Waals surface area contributed by atoms with Gasteiger partial charge in [0.15, 0.2) is 11.6 Å². The molecular weight excluding hydrogens is 274 g/mol. The zero-order chi connectivity index (χ0) is 15.4. The SMILES string of the molecule is CCc1ccc(CNC(=O)c2cc(F)c(F)cc2N)cc1. The maximum absolute atomic E-state index is 13.2. The monoisotopic (exact) mass is 290 g/mol. The molecule has 2 rings (SSSR count). The second kappa shape index (κ2) is 6.35. The van der Waals surface area contributed by atoms with Gasteiger partial charge in [0, 0.05) is 18.3 Å². The number of nitrogens with one attached hydrogen (secondary N) is 1. The summed E-state index contributed by atoms with van der Waals surface area (Å²) in [6.07, 6.45) is 0.942. The Labute approximate surface area is 121 Å². The molecule has 0 spiro atoms. The summed E-state index contributed by atoms with van der Waals surface area (Å²) in [6, 6.07) is 9.39. The molecule has 0 fully saturated rings. The Morgan fingerprint density at radius 1 is 1.10 bits per heavy atom. The predicted molar refractivity (Wildman–Crippen MR) is 77.8 cm³/mol. The van der Waals surface area contributed by atoms with Crippen molar-refractivity contribution in [3.8, 4) is 0 Å². The van der Waals surface area contributed by atoms with Crippen molar-refractivity contribution in [1.29, 1.82) is 0 Å². The topological polar surface area (TPSA) is 55.1 Å². The molecule has 2 aromatic carbocycles. The van der Waals surface area contributed by atoms with E-state index in [1.807, 2.05) is 24.3 Å². The maximum atomic E-state index is 13.2. The summed E-state index contributed by atoms with van der Waals surface area (Å²) in [6.45, 7) is 2.35. The molecule has 3 nitrogen and oxygen atoms in total. The van der Waals surface area contributed by atoms with Crippen molar-refractivity contribution in [1.82, 2.24) is 5.32 Å². The van der Waals surface area contributed by atoms with Gasteiger partial charge in [-0.3, -0.25) is 4.79 Å². The zero-order valence-corrected chi connectivity index (χ0v) is 11.6. The smallest absolute Gasteiger partial charge is 0.253 e. The number of nitrogens with two attached hydrogens (primary N) is 1. The van der Waals surface area contributed by atoms with Crippen molar-refractivity contribution in [3.05, 3.63) is 64.7 Å². The van der Waals surface area contributed by atoms with Gasteiger partial charge in [-0.15, -0.1) is 0 Å². The first-order valence-electron chi connectivity index (χ1n) is 6.61. The molecule has 0 unspecified atom stereocenters. The van der Waals surface area contributed by atoms with Crippen molar-refractivity contribution in [3.63, 3.8) is 0 Å². The van der Waals surface area contributed by atoms with Gasteiger partial charge in [0.05, 0.1) is 5.56 Å². The van der Waals surface area contributed by atoms with Crippen LogP contribution in [0.1, 0.15) is 28.4 Å². The first-order valence-corrected chi connectivity index (χ1v) is 6.61. The first kappa shape index (κ1) is 15.0. The highest BCUT2D eigenvalue weighted by Crippen LogP contribution is 2.17. The highest BCUT2D eigenvalue weighted by molar-refractivity contribution is 5.99. The minimum atomic E-state index is -1.10. The van der Waals surface area contributed by atoms with E-state index in [4.69, 9.17) is 5.73 Å². The molecule has 0 saturated carbocycles. The largest absolute Gasteiger partial charge is 0.398 e. The zero-order valence-electron chi connectivity index (χ0n) is 11.6. The average Bonchev–Trinajstić information content (AvgIpc) is 2.49. The lowest BCUT2D eigenvalue weighted by Crippen LogP contribution is -2.24. The van der Waals surface area contributed by atoms with Crippen LogP contribution in [0.4, 0.5) is 14.5 Å². The highest BCUT2D eigenvalue weighted by Gasteiger charge is 2.14. The van der Waals surface area contributed by atoms with E-state index in [-0.39, 0.29) is 11.3 Å². The quantitative estimate of drug-likeness (QED) is 0.850. The van der Waals surface area contributed by atoms with E-state index in [2.05, 4.69) is 12.2 Å². The van der Waals surface area contributed by atoms with Crippen molar-refractivity contribution >= 4 is 11.6 Å². The van der Waals surface area contributed by atoms with Gasteiger partial charge in [-0.05, 0) is 23.6 Å². The number of nitrogen functional groups attached to an aromatic ring is 1. The van der Waals surface area contributed by atoms with Gasteiger partial charge in [0.1, 0.15) is 0 Å². The van der Waals surface area contributed by atoms with E-state index in [1.54, 1.807) is 0 Å². The summed E-state index contributed by atoms with van der Waals surface area (Å²) in [5, 5.41) is 2.63. The maximum Gasteiger partial charge on any atom is 0.253 e. The number of hydrogen-bond acceptors (Lipinski definition) is 2. The van der Waals surface area contributed by atoms with Crippen LogP contribution in [-0.2, 0) is 13.0 Å². The number of amides is 1. The molecule has 1 amide bonds. The number of aryl methyl sites for hydroxylation is 1. The van der Waals surface area contributed by atoms with E-state index in [0.29, 0.717) is 6.54 Å². The van der Waals surface area contributed by atoms with Crippen molar-refractivity contribution < 1.29 is 13.6 Å².